The van der Waals surface area contributed by atoms with Gasteiger partial charge in [0.25, 0.3) is 0 Å². The minimum absolute atomic E-state index is 0.0722. The third-order valence-corrected chi connectivity index (χ3v) is 4.24. The maximum absolute atomic E-state index is 12.6. The van der Waals surface area contributed by atoms with Crippen LogP contribution in [0.4, 0.5) is 19.4 Å². The molecule has 2 aromatic rings. The molecule has 0 radical (unpaired) electrons. The maximum atomic E-state index is 12.6. The zero-order valence-corrected chi connectivity index (χ0v) is 11.9. The van der Waals surface area contributed by atoms with E-state index >= 15 is 0 Å². The second-order valence-electron chi connectivity index (χ2n) is 4.49. The second kappa shape index (κ2) is 4.34. The average Bonchev–Trinajstić information content (AvgIpc) is 2.36. The van der Waals surface area contributed by atoms with E-state index in [4.69, 9.17) is 11.6 Å². The molecule has 1 atom stereocenters. The average molecular weight is 345 g/mol. The summed E-state index contributed by atoms with van der Waals surface area (Å²) in [7, 11) is -9.68. The van der Waals surface area contributed by atoms with Crippen LogP contribution in [0.2, 0.25) is 5.02 Å². The Morgan fingerprint density at radius 3 is 1.52 bits per heavy atom. The molecule has 0 amide bonds. The quantitative estimate of drug-likeness (QED) is 0.669. The van der Waals surface area contributed by atoms with Crippen LogP contribution in [0.5, 0.6) is 0 Å². The van der Waals surface area contributed by atoms with Crippen LogP contribution in [-0.2, 0) is 0 Å². The van der Waals surface area contributed by atoms with Gasteiger partial charge in [0.15, 0.2) is 0 Å². The monoisotopic (exact) mass is 344 g/mol. The van der Waals surface area contributed by atoms with Crippen molar-refractivity contribution in [2.24, 2.45) is 0 Å². The molecular formula is C13H10ClF5OS. The first-order valence-electron chi connectivity index (χ1n) is 5.64. The molecule has 0 fully saturated rings. The van der Waals surface area contributed by atoms with Gasteiger partial charge in [0, 0.05) is 5.02 Å². The van der Waals surface area contributed by atoms with Crippen LogP contribution in [-0.4, -0.2) is 5.11 Å². The zero-order valence-electron chi connectivity index (χ0n) is 10.3. The highest BCUT2D eigenvalue weighted by Gasteiger charge is 2.65. The summed E-state index contributed by atoms with van der Waals surface area (Å²) in [5.41, 5.74) is 0.461. The summed E-state index contributed by atoms with van der Waals surface area (Å²) < 4.78 is 62.9. The van der Waals surface area contributed by atoms with E-state index in [1.165, 1.54) is 24.3 Å². The van der Waals surface area contributed by atoms with Gasteiger partial charge in [0.05, 0.1) is 0 Å². The fourth-order valence-corrected chi connectivity index (χ4v) is 2.52. The minimum atomic E-state index is -9.68. The molecule has 1 N–H and O–H groups in total. The Kier molecular flexibility index (Phi) is 3.32. The summed E-state index contributed by atoms with van der Waals surface area (Å²) >= 11 is 5.68. The number of hydrogen-bond acceptors (Lipinski definition) is 1. The number of aliphatic hydroxyl groups excluding tert-OH is 1. The molecule has 0 unspecified atom stereocenters. The highest BCUT2D eigenvalue weighted by atomic mass is 35.5. The Balaban J connectivity index is 2.34. The lowest BCUT2D eigenvalue weighted by Gasteiger charge is -2.40. The standard InChI is InChI=1S/C13H10ClF5OS/c14-11-5-1-9(2-6-11)13(20)10-3-7-12(8-4-10)21(15,16,17,18)19/h1-8,13,20H/t13-/m0/s1. The molecule has 0 aliphatic heterocycles. The Labute approximate surface area is 122 Å². The smallest absolute Gasteiger partial charge is 0.310 e. The summed E-state index contributed by atoms with van der Waals surface area (Å²) in [6, 6.07) is 8.19. The van der Waals surface area contributed by atoms with E-state index in [2.05, 4.69) is 0 Å². The molecular weight excluding hydrogens is 335 g/mol. The van der Waals surface area contributed by atoms with Crippen molar-refractivity contribution in [3.8, 4) is 0 Å². The van der Waals surface area contributed by atoms with Crippen molar-refractivity contribution in [2.45, 2.75) is 11.0 Å². The zero-order chi connectivity index (χ0) is 16.0. The molecule has 0 bridgehead atoms. The van der Waals surface area contributed by atoms with Crippen molar-refractivity contribution in [1.82, 2.24) is 0 Å². The highest BCUT2D eigenvalue weighted by Crippen LogP contribution is 3.02. The summed E-state index contributed by atoms with van der Waals surface area (Å²) in [6.07, 6.45) is -1.23. The summed E-state index contributed by atoms with van der Waals surface area (Å²) in [5, 5.41) is 10.4. The Morgan fingerprint density at radius 1 is 0.762 bits per heavy atom. The third kappa shape index (κ3) is 3.87. The Bertz CT molecular complexity index is 652. The fourth-order valence-electron chi connectivity index (χ4n) is 1.74. The first-order chi connectivity index (χ1) is 9.36. The highest BCUT2D eigenvalue weighted by molar-refractivity contribution is 8.45. The SMILES string of the molecule is O[C@@H](c1ccc(Cl)cc1)c1ccc(S(F)(F)(F)(F)F)cc1. The number of aliphatic hydroxyl groups is 1. The lowest BCUT2D eigenvalue weighted by molar-refractivity contribution is 0.220. The molecule has 0 saturated heterocycles. The van der Waals surface area contributed by atoms with E-state index in [1.54, 1.807) is 0 Å². The first kappa shape index (κ1) is 16.1. The molecule has 21 heavy (non-hydrogen) atoms. The van der Waals surface area contributed by atoms with E-state index in [9.17, 15) is 24.5 Å². The molecule has 0 aliphatic rings. The van der Waals surface area contributed by atoms with E-state index in [0.717, 1.165) is 12.1 Å². The number of halogens is 6. The predicted octanol–water partition coefficient (Wildman–Crippen LogP) is 6.08. The van der Waals surface area contributed by atoms with Crippen LogP contribution in [0, 0.1) is 0 Å². The van der Waals surface area contributed by atoms with Gasteiger partial charge in [-0.2, -0.15) is 0 Å². The van der Waals surface area contributed by atoms with Crippen molar-refractivity contribution < 1.29 is 24.5 Å². The van der Waals surface area contributed by atoms with Crippen molar-refractivity contribution in [3.63, 3.8) is 0 Å². The van der Waals surface area contributed by atoms with Gasteiger partial charge in [-0.25, -0.2) is 0 Å². The molecule has 0 aliphatic carbocycles. The van der Waals surface area contributed by atoms with E-state index in [0.29, 0.717) is 10.6 Å². The molecule has 8 heteroatoms. The van der Waals surface area contributed by atoms with E-state index in [-0.39, 0.29) is 17.7 Å². The topological polar surface area (TPSA) is 20.2 Å². The van der Waals surface area contributed by atoms with E-state index < -0.39 is 21.2 Å². The van der Waals surface area contributed by atoms with Gasteiger partial charge in [0.1, 0.15) is 11.0 Å². The van der Waals surface area contributed by atoms with Gasteiger partial charge in [-0.3, -0.25) is 0 Å². The van der Waals surface area contributed by atoms with Crippen molar-refractivity contribution in [1.29, 1.82) is 0 Å². The number of benzene rings is 2. The largest absolute Gasteiger partial charge is 0.384 e. The Hall–Kier alpha value is -1.31. The summed E-state index contributed by atoms with van der Waals surface area (Å²) in [5.74, 6) is 0. The number of hydrogen-bond donors (Lipinski definition) is 1. The van der Waals surface area contributed by atoms with Gasteiger partial charge in [-0.1, -0.05) is 55.3 Å². The van der Waals surface area contributed by atoms with Crippen LogP contribution in [0.1, 0.15) is 17.2 Å². The molecule has 0 aromatic heterocycles. The molecule has 0 spiro atoms. The first-order valence-corrected chi connectivity index (χ1v) is 7.97. The molecule has 0 saturated carbocycles. The molecule has 0 heterocycles. The van der Waals surface area contributed by atoms with Crippen LogP contribution in [0.3, 0.4) is 0 Å². The van der Waals surface area contributed by atoms with Crippen molar-refractivity contribution in [3.05, 3.63) is 64.7 Å². The predicted molar refractivity (Wildman–Crippen MR) is 73.4 cm³/mol. The normalized spacial score (nSPS) is 16.9. The van der Waals surface area contributed by atoms with Crippen molar-refractivity contribution >= 4 is 21.8 Å². The van der Waals surface area contributed by atoms with E-state index in [1.807, 2.05) is 0 Å². The van der Waals surface area contributed by atoms with Crippen LogP contribution in [0.25, 0.3) is 0 Å². The van der Waals surface area contributed by atoms with Gasteiger partial charge in [-0.05, 0) is 35.4 Å². The summed E-state index contributed by atoms with van der Waals surface area (Å²) in [6.45, 7) is 0. The summed E-state index contributed by atoms with van der Waals surface area (Å²) in [4.78, 5) is -1.98. The van der Waals surface area contributed by atoms with Crippen LogP contribution in [0.15, 0.2) is 53.4 Å². The Morgan fingerprint density at radius 2 is 1.14 bits per heavy atom. The van der Waals surface area contributed by atoms with Gasteiger partial charge in [0.2, 0.25) is 0 Å². The third-order valence-electron chi connectivity index (χ3n) is 2.83. The lowest BCUT2D eigenvalue weighted by atomic mass is 10.0. The minimum Gasteiger partial charge on any atom is -0.384 e. The van der Waals surface area contributed by atoms with Gasteiger partial charge in [-0.15, -0.1) is 0 Å². The van der Waals surface area contributed by atoms with Gasteiger partial charge < -0.3 is 5.11 Å². The van der Waals surface area contributed by atoms with Crippen LogP contribution >= 0.6 is 21.8 Å². The second-order valence-corrected chi connectivity index (χ2v) is 7.34. The fraction of sp³-hybridized carbons (Fsp3) is 0.0769. The molecule has 1 nitrogen and oxygen atoms in total. The maximum Gasteiger partial charge on any atom is 0.310 e. The number of rotatable bonds is 3. The molecule has 116 valence electrons. The van der Waals surface area contributed by atoms with Crippen molar-refractivity contribution in [2.75, 3.05) is 0 Å². The molecule has 2 aromatic carbocycles. The van der Waals surface area contributed by atoms with Crippen LogP contribution < -0.4 is 0 Å². The molecule has 2 rings (SSSR count). The van der Waals surface area contributed by atoms with Gasteiger partial charge >= 0.3 is 10.2 Å². The lowest BCUT2D eigenvalue weighted by Crippen LogP contribution is -2.06.